The second-order valence-electron chi connectivity index (χ2n) is 7.75. The summed E-state index contributed by atoms with van der Waals surface area (Å²) in [6.07, 6.45) is -5.98. The molecule has 0 aromatic carbocycles. The maximum absolute atomic E-state index is 12.3. The highest BCUT2D eigenvalue weighted by Crippen LogP contribution is 2.35. The monoisotopic (exact) mass is 405 g/mol. The van der Waals surface area contributed by atoms with Gasteiger partial charge in [-0.3, -0.25) is 0 Å². The molecule has 5 N–H and O–H groups in total. The Morgan fingerprint density at radius 2 is 2.00 bits per heavy atom. The number of ether oxygens (including phenoxy) is 3. The third-order valence-electron chi connectivity index (χ3n) is 4.30. The van der Waals surface area contributed by atoms with Crippen LogP contribution in [0.1, 0.15) is 33.6 Å². The van der Waals surface area contributed by atoms with Gasteiger partial charge in [0, 0.05) is 12.8 Å². The van der Waals surface area contributed by atoms with Gasteiger partial charge in [0.15, 0.2) is 5.60 Å². The van der Waals surface area contributed by atoms with Crippen LogP contribution in [0.3, 0.4) is 0 Å². The first-order valence-electron chi connectivity index (χ1n) is 8.92. The molecule has 1 fully saturated rings. The lowest BCUT2D eigenvalue weighted by Crippen LogP contribution is -2.67. The van der Waals surface area contributed by atoms with Crippen LogP contribution < -0.4 is 5.32 Å². The van der Waals surface area contributed by atoms with Crippen LogP contribution in [0.2, 0.25) is 0 Å². The molecule has 0 radical (unpaired) electrons. The van der Waals surface area contributed by atoms with Crippen molar-refractivity contribution >= 4 is 12.1 Å². The zero-order valence-corrected chi connectivity index (χ0v) is 16.6. The molecule has 1 aliphatic rings. The summed E-state index contributed by atoms with van der Waals surface area (Å²) in [7, 11) is 1.14. The largest absolute Gasteiger partial charge is 0.467 e. The minimum absolute atomic E-state index is 0.0473. The Bertz CT molecular complexity index is 562. The van der Waals surface area contributed by atoms with Gasteiger partial charge in [0.1, 0.15) is 23.9 Å². The van der Waals surface area contributed by atoms with Crippen LogP contribution in [0.15, 0.2) is 12.7 Å². The van der Waals surface area contributed by atoms with E-state index in [9.17, 15) is 24.9 Å². The first kappa shape index (κ1) is 24.3. The third kappa shape index (κ3) is 5.89. The van der Waals surface area contributed by atoms with Crippen molar-refractivity contribution in [3.63, 3.8) is 0 Å². The molecule has 0 aromatic rings. The van der Waals surface area contributed by atoms with Gasteiger partial charge in [0.25, 0.3) is 0 Å². The average Bonchev–Trinajstić information content (AvgIpc) is 2.60. The van der Waals surface area contributed by atoms with Crippen molar-refractivity contribution in [3.05, 3.63) is 12.7 Å². The number of hydrogen-bond donors (Lipinski definition) is 5. The fourth-order valence-electron chi connectivity index (χ4n) is 3.06. The van der Waals surface area contributed by atoms with Crippen molar-refractivity contribution in [1.82, 2.24) is 5.32 Å². The predicted molar refractivity (Wildman–Crippen MR) is 97.3 cm³/mol. The first-order chi connectivity index (χ1) is 12.9. The van der Waals surface area contributed by atoms with Gasteiger partial charge >= 0.3 is 12.1 Å². The minimum Gasteiger partial charge on any atom is -0.467 e. The number of aliphatic hydroxyl groups excluding tert-OH is 4. The Labute approximate surface area is 164 Å². The predicted octanol–water partition coefficient (Wildman–Crippen LogP) is -0.768. The number of hydrogen-bond acceptors (Lipinski definition) is 9. The number of amides is 1. The van der Waals surface area contributed by atoms with E-state index < -0.39 is 60.3 Å². The zero-order valence-electron chi connectivity index (χ0n) is 16.6. The van der Waals surface area contributed by atoms with Gasteiger partial charge < -0.3 is 40.0 Å². The molecule has 0 bridgehead atoms. The van der Waals surface area contributed by atoms with Gasteiger partial charge in [0.05, 0.1) is 25.9 Å². The van der Waals surface area contributed by atoms with Crippen LogP contribution in [0.4, 0.5) is 4.79 Å². The topological polar surface area (TPSA) is 155 Å². The zero-order chi connectivity index (χ0) is 21.7. The van der Waals surface area contributed by atoms with Crippen LogP contribution >= 0.6 is 0 Å². The summed E-state index contributed by atoms with van der Waals surface area (Å²) in [6, 6.07) is -1.23. The van der Waals surface area contributed by atoms with E-state index in [0.717, 1.165) is 7.11 Å². The van der Waals surface area contributed by atoms with Crippen molar-refractivity contribution in [2.75, 3.05) is 13.7 Å². The van der Waals surface area contributed by atoms with Gasteiger partial charge in [-0.2, -0.15) is 0 Å². The molecule has 10 heteroatoms. The highest BCUT2D eigenvalue weighted by Gasteiger charge is 2.54. The minimum atomic E-state index is -1.73. The third-order valence-corrected chi connectivity index (χ3v) is 4.30. The summed E-state index contributed by atoms with van der Waals surface area (Å²) < 4.78 is 15.7. The summed E-state index contributed by atoms with van der Waals surface area (Å²) >= 11 is 0. The second-order valence-corrected chi connectivity index (χ2v) is 7.75. The van der Waals surface area contributed by atoms with E-state index in [0.29, 0.717) is 0 Å². The molecule has 0 aromatic heterocycles. The number of nitrogens with one attached hydrogen (secondary N) is 1. The number of alkyl carbamates (subject to hydrolysis) is 1. The molecule has 1 rings (SSSR count). The molecule has 1 aliphatic heterocycles. The number of methoxy groups -OCH3 is 1. The van der Waals surface area contributed by atoms with E-state index in [1.807, 2.05) is 0 Å². The number of carbonyl (C=O) groups is 2. The molecular formula is C18H31NO9. The molecule has 0 spiro atoms. The lowest BCUT2D eigenvalue weighted by Gasteiger charge is -2.47. The molecule has 1 heterocycles. The molecule has 2 unspecified atom stereocenters. The molecule has 1 saturated heterocycles. The van der Waals surface area contributed by atoms with Crippen LogP contribution in [0, 0.1) is 0 Å². The molecule has 0 saturated carbocycles. The van der Waals surface area contributed by atoms with Crippen molar-refractivity contribution in [2.45, 2.75) is 75.3 Å². The highest BCUT2D eigenvalue weighted by atomic mass is 16.6. The van der Waals surface area contributed by atoms with E-state index in [4.69, 9.17) is 19.3 Å². The summed E-state index contributed by atoms with van der Waals surface area (Å²) in [5.74, 6) is -0.808. The maximum Gasteiger partial charge on any atom is 0.408 e. The summed E-state index contributed by atoms with van der Waals surface area (Å²) in [4.78, 5) is 24.5. The molecular weight excluding hydrogens is 374 g/mol. The smallest absolute Gasteiger partial charge is 0.408 e. The summed E-state index contributed by atoms with van der Waals surface area (Å²) in [5, 5.41) is 42.5. The number of esters is 1. The van der Waals surface area contributed by atoms with Crippen LogP contribution in [0.25, 0.3) is 0 Å². The van der Waals surface area contributed by atoms with Gasteiger partial charge in [-0.15, -0.1) is 6.58 Å². The van der Waals surface area contributed by atoms with Crippen LogP contribution in [-0.4, -0.2) is 87.9 Å². The maximum atomic E-state index is 12.3. The van der Waals surface area contributed by atoms with Crippen molar-refractivity contribution in [3.8, 4) is 0 Å². The molecule has 6 atom stereocenters. The fourth-order valence-corrected chi connectivity index (χ4v) is 3.06. The van der Waals surface area contributed by atoms with Crippen molar-refractivity contribution in [1.29, 1.82) is 0 Å². The van der Waals surface area contributed by atoms with E-state index in [-0.39, 0.29) is 12.8 Å². The van der Waals surface area contributed by atoms with Gasteiger partial charge in [-0.1, -0.05) is 6.08 Å². The number of rotatable bonds is 7. The molecule has 0 aliphatic carbocycles. The van der Waals surface area contributed by atoms with E-state index in [2.05, 4.69) is 11.9 Å². The number of carbonyl (C=O) groups excluding carboxylic acids is 2. The van der Waals surface area contributed by atoms with Crippen molar-refractivity contribution < 1.29 is 44.2 Å². The normalized spacial score (nSPS) is 30.1. The SMILES string of the molecule is C=CC[C@]1(C(=O)OC)C[C@H](O)C(NC(=O)OC(C)(C)C)[C@H]([C@H](O)C(O)CO)O1. The Kier molecular flexibility index (Phi) is 8.39. The summed E-state index contributed by atoms with van der Waals surface area (Å²) in [6.45, 7) is 7.70. The quantitative estimate of drug-likeness (QED) is 0.271. The lowest BCUT2D eigenvalue weighted by molar-refractivity contribution is -0.229. The van der Waals surface area contributed by atoms with E-state index in [1.165, 1.54) is 6.08 Å². The van der Waals surface area contributed by atoms with Gasteiger partial charge in [-0.05, 0) is 20.8 Å². The second kappa shape index (κ2) is 9.66. The standard InChI is InChI=1S/C18H31NO9/c1-6-7-18(15(24)26-5)8-10(21)12(19-16(25)28-17(2,3)4)14(27-18)13(23)11(22)9-20/h6,10-14,20-23H,1,7-9H2,2-5H3,(H,19,25)/t10-,11?,12?,13+,14+,18+/m0/s1. The molecule has 162 valence electrons. The Hall–Kier alpha value is -1.72. The lowest BCUT2D eigenvalue weighted by atomic mass is 9.82. The Balaban J connectivity index is 3.22. The average molecular weight is 405 g/mol. The van der Waals surface area contributed by atoms with Crippen LogP contribution in [0.5, 0.6) is 0 Å². The number of aliphatic hydroxyl groups is 4. The fraction of sp³-hybridized carbons (Fsp3) is 0.778. The van der Waals surface area contributed by atoms with Gasteiger partial charge in [-0.25, -0.2) is 9.59 Å². The van der Waals surface area contributed by atoms with Gasteiger partial charge in [0.2, 0.25) is 0 Å². The van der Waals surface area contributed by atoms with E-state index >= 15 is 0 Å². The molecule has 10 nitrogen and oxygen atoms in total. The Morgan fingerprint density at radius 1 is 1.39 bits per heavy atom. The summed E-state index contributed by atoms with van der Waals surface area (Å²) in [5.41, 5.74) is -2.50. The van der Waals surface area contributed by atoms with Crippen molar-refractivity contribution in [2.24, 2.45) is 0 Å². The van der Waals surface area contributed by atoms with Crippen LogP contribution in [-0.2, 0) is 19.0 Å². The van der Waals surface area contributed by atoms with E-state index in [1.54, 1.807) is 20.8 Å². The Morgan fingerprint density at radius 3 is 2.46 bits per heavy atom. The highest BCUT2D eigenvalue weighted by molar-refractivity contribution is 5.80. The molecule has 28 heavy (non-hydrogen) atoms. The molecule has 1 amide bonds. The first-order valence-corrected chi connectivity index (χ1v) is 8.92.